The van der Waals surface area contributed by atoms with E-state index in [1.807, 2.05) is 0 Å². The van der Waals surface area contributed by atoms with Crippen molar-refractivity contribution in [2.75, 3.05) is 5.73 Å². The molecule has 0 spiro atoms. The van der Waals surface area contributed by atoms with Crippen molar-refractivity contribution < 1.29 is 13.2 Å². The van der Waals surface area contributed by atoms with Crippen LogP contribution in [-0.2, 0) is 6.18 Å². The molecule has 2 N–H and O–H groups in total. The fraction of sp³-hybridized carbons (Fsp3) is 0.0769. The number of nitrogens with two attached hydrogens (primary N) is 1. The lowest BCUT2D eigenvalue weighted by molar-refractivity contribution is -0.139. The summed E-state index contributed by atoms with van der Waals surface area (Å²) in [6, 6.07) is 8.14. The Kier molecular flexibility index (Phi) is 4.42. The summed E-state index contributed by atoms with van der Waals surface area (Å²) >= 11 is 12.6. The van der Waals surface area contributed by atoms with Crippen molar-refractivity contribution in [1.82, 2.24) is 0 Å². The molecule has 0 saturated heterocycles. The first kappa shape index (κ1) is 15.4. The Morgan fingerprint density at radius 2 is 1.70 bits per heavy atom. The SMILES string of the molecule is Nc1cc(Cl)cc(Cl)c1Sc1ccccc1C(F)(F)F. The van der Waals surface area contributed by atoms with Gasteiger partial charge in [-0.15, -0.1) is 0 Å². The number of rotatable bonds is 2. The summed E-state index contributed by atoms with van der Waals surface area (Å²) in [5.41, 5.74) is 5.27. The molecule has 106 valence electrons. The van der Waals surface area contributed by atoms with Crippen molar-refractivity contribution >= 4 is 40.7 Å². The van der Waals surface area contributed by atoms with Gasteiger partial charge in [-0.25, -0.2) is 0 Å². The van der Waals surface area contributed by atoms with Crippen LogP contribution in [0.2, 0.25) is 10.0 Å². The van der Waals surface area contributed by atoms with Gasteiger partial charge < -0.3 is 5.73 Å². The Labute approximate surface area is 127 Å². The summed E-state index contributed by atoms with van der Waals surface area (Å²) in [6.45, 7) is 0. The Morgan fingerprint density at radius 3 is 2.30 bits per heavy atom. The summed E-state index contributed by atoms with van der Waals surface area (Å²) in [7, 11) is 0. The van der Waals surface area contributed by atoms with Gasteiger partial charge in [0.2, 0.25) is 0 Å². The number of anilines is 1. The van der Waals surface area contributed by atoms with Gasteiger partial charge in [-0.05, 0) is 24.3 Å². The molecule has 0 bridgehead atoms. The highest BCUT2D eigenvalue weighted by Gasteiger charge is 2.33. The summed E-state index contributed by atoms with van der Waals surface area (Å²) in [6.07, 6.45) is -4.43. The van der Waals surface area contributed by atoms with Crippen LogP contribution in [0.25, 0.3) is 0 Å². The van der Waals surface area contributed by atoms with Crippen LogP contribution in [0, 0.1) is 0 Å². The molecule has 2 aromatic rings. The van der Waals surface area contributed by atoms with Crippen LogP contribution >= 0.6 is 35.0 Å². The second-order valence-corrected chi connectivity index (χ2v) is 5.80. The molecule has 7 heteroatoms. The minimum Gasteiger partial charge on any atom is -0.398 e. The number of hydrogen-bond donors (Lipinski definition) is 1. The zero-order valence-electron chi connectivity index (χ0n) is 9.84. The first-order chi connectivity index (χ1) is 9.29. The van der Waals surface area contributed by atoms with E-state index in [1.165, 1.54) is 30.3 Å². The number of halogens is 5. The molecule has 0 unspecified atom stereocenters. The molecule has 0 radical (unpaired) electrons. The van der Waals surface area contributed by atoms with Crippen LogP contribution in [0.1, 0.15) is 5.56 Å². The third kappa shape index (κ3) is 3.34. The molecule has 0 atom stereocenters. The van der Waals surface area contributed by atoms with E-state index >= 15 is 0 Å². The Bertz CT molecular complexity index is 621. The molecular weight excluding hydrogens is 330 g/mol. The molecule has 20 heavy (non-hydrogen) atoms. The number of hydrogen-bond acceptors (Lipinski definition) is 2. The average molecular weight is 338 g/mol. The Hall–Kier alpha value is -1.04. The highest BCUT2D eigenvalue weighted by molar-refractivity contribution is 7.99. The minimum absolute atomic E-state index is 0.0379. The molecule has 2 aromatic carbocycles. The van der Waals surface area contributed by atoms with Crippen LogP contribution in [0.5, 0.6) is 0 Å². The predicted octanol–water partition coefficient (Wildman–Crippen LogP) is 5.75. The van der Waals surface area contributed by atoms with Gasteiger partial charge in [0, 0.05) is 15.6 Å². The monoisotopic (exact) mass is 337 g/mol. The molecule has 0 amide bonds. The molecule has 2 rings (SSSR count). The van der Waals surface area contributed by atoms with E-state index in [2.05, 4.69) is 0 Å². The predicted molar refractivity (Wildman–Crippen MR) is 76.4 cm³/mol. The molecule has 0 aliphatic rings. The largest absolute Gasteiger partial charge is 0.417 e. The highest BCUT2D eigenvalue weighted by atomic mass is 35.5. The van der Waals surface area contributed by atoms with Crippen LogP contribution in [0.3, 0.4) is 0 Å². The fourth-order valence-electron chi connectivity index (χ4n) is 1.59. The normalized spacial score (nSPS) is 11.7. The van der Waals surface area contributed by atoms with Gasteiger partial charge in [0.15, 0.2) is 0 Å². The van der Waals surface area contributed by atoms with Gasteiger partial charge in [0.1, 0.15) is 0 Å². The van der Waals surface area contributed by atoms with Crippen LogP contribution in [0.15, 0.2) is 46.2 Å². The van der Waals surface area contributed by atoms with Gasteiger partial charge in [-0.2, -0.15) is 13.2 Å². The van der Waals surface area contributed by atoms with Gasteiger partial charge >= 0.3 is 6.18 Å². The molecule has 0 fully saturated rings. The lowest BCUT2D eigenvalue weighted by atomic mass is 10.2. The van der Waals surface area contributed by atoms with Crippen molar-refractivity contribution in [2.45, 2.75) is 16.0 Å². The quantitative estimate of drug-likeness (QED) is 0.706. The minimum atomic E-state index is -4.43. The summed E-state index contributed by atoms with van der Waals surface area (Å²) in [5.74, 6) is 0. The maximum Gasteiger partial charge on any atom is 0.417 e. The van der Waals surface area contributed by atoms with Gasteiger partial charge in [0.05, 0.1) is 15.5 Å². The zero-order chi connectivity index (χ0) is 14.9. The van der Waals surface area contributed by atoms with Gasteiger partial charge in [-0.3, -0.25) is 0 Å². The highest BCUT2D eigenvalue weighted by Crippen LogP contribution is 2.44. The number of nitrogen functional groups attached to an aromatic ring is 1. The number of alkyl halides is 3. The van der Waals surface area contributed by atoms with E-state index in [0.29, 0.717) is 9.92 Å². The van der Waals surface area contributed by atoms with E-state index in [-0.39, 0.29) is 15.6 Å². The first-order valence-electron chi connectivity index (χ1n) is 5.37. The standard InChI is InChI=1S/C13H8Cl2F3NS/c14-7-5-9(15)12(10(19)6-7)20-11-4-2-1-3-8(11)13(16,17)18/h1-6H,19H2. The topological polar surface area (TPSA) is 26.0 Å². The van der Waals surface area contributed by atoms with E-state index in [0.717, 1.165) is 17.8 Å². The van der Waals surface area contributed by atoms with Crippen molar-refractivity contribution in [3.8, 4) is 0 Å². The summed E-state index contributed by atoms with van der Waals surface area (Å²) in [5, 5.41) is 0.554. The average Bonchev–Trinajstić information content (AvgIpc) is 2.33. The molecule has 0 aliphatic carbocycles. The van der Waals surface area contributed by atoms with Gasteiger partial charge in [-0.1, -0.05) is 47.1 Å². The maximum absolute atomic E-state index is 12.9. The van der Waals surface area contributed by atoms with E-state index in [4.69, 9.17) is 28.9 Å². The van der Waals surface area contributed by atoms with E-state index in [9.17, 15) is 13.2 Å². The van der Waals surface area contributed by atoms with Crippen molar-refractivity contribution in [3.05, 3.63) is 52.0 Å². The second kappa shape index (κ2) is 5.76. The van der Waals surface area contributed by atoms with Crippen molar-refractivity contribution in [3.63, 3.8) is 0 Å². The number of benzene rings is 2. The van der Waals surface area contributed by atoms with Crippen LogP contribution < -0.4 is 5.73 Å². The van der Waals surface area contributed by atoms with Crippen LogP contribution in [-0.4, -0.2) is 0 Å². The molecule has 0 saturated carbocycles. The third-order valence-electron chi connectivity index (χ3n) is 2.44. The lowest BCUT2D eigenvalue weighted by Crippen LogP contribution is -2.06. The van der Waals surface area contributed by atoms with Crippen LogP contribution in [0.4, 0.5) is 18.9 Å². The smallest absolute Gasteiger partial charge is 0.398 e. The Balaban J connectivity index is 2.46. The summed E-state index contributed by atoms with van der Waals surface area (Å²) < 4.78 is 38.8. The lowest BCUT2D eigenvalue weighted by Gasteiger charge is -2.14. The first-order valence-corrected chi connectivity index (χ1v) is 6.95. The summed E-state index contributed by atoms with van der Waals surface area (Å²) in [4.78, 5) is 0.392. The molecule has 1 nitrogen and oxygen atoms in total. The third-order valence-corrected chi connectivity index (χ3v) is 4.31. The van der Waals surface area contributed by atoms with E-state index in [1.54, 1.807) is 0 Å². The van der Waals surface area contributed by atoms with Crippen molar-refractivity contribution in [1.29, 1.82) is 0 Å². The molecule has 0 aromatic heterocycles. The molecular formula is C13H8Cl2F3NS. The Morgan fingerprint density at radius 1 is 1.05 bits per heavy atom. The van der Waals surface area contributed by atoms with Gasteiger partial charge in [0.25, 0.3) is 0 Å². The molecule has 0 aliphatic heterocycles. The zero-order valence-corrected chi connectivity index (χ0v) is 12.2. The fourth-order valence-corrected chi connectivity index (χ4v) is 3.21. The van der Waals surface area contributed by atoms with E-state index < -0.39 is 11.7 Å². The second-order valence-electron chi connectivity index (χ2n) is 3.90. The maximum atomic E-state index is 12.9. The molecule has 0 heterocycles. The van der Waals surface area contributed by atoms with Crippen molar-refractivity contribution in [2.24, 2.45) is 0 Å².